The van der Waals surface area contributed by atoms with Crippen molar-refractivity contribution >= 4 is 11.9 Å². The largest absolute Gasteiger partial charge is 0.478 e. The third-order valence-corrected chi connectivity index (χ3v) is 5.32. The van der Waals surface area contributed by atoms with Gasteiger partial charge >= 0.3 is 0 Å². The van der Waals surface area contributed by atoms with Crippen LogP contribution in [0.15, 0.2) is 30.5 Å². The Morgan fingerprint density at radius 2 is 2.14 bits per heavy atom. The predicted octanol–water partition coefficient (Wildman–Crippen LogP) is 2.24. The molecular formula is C21H25FN4O3. The first kappa shape index (κ1) is 19.6. The van der Waals surface area contributed by atoms with E-state index in [1.807, 2.05) is 6.20 Å². The summed E-state index contributed by atoms with van der Waals surface area (Å²) < 4.78 is 24.6. The molecular weight excluding hydrogens is 375 g/mol. The summed E-state index contributed by atoms with van der Waals surface area (Å²) in [6.07, 6.45) is 3.49. The van der Waals surface area contributed by atoms with Gasteiger partial charge < -0.3 is 19.7 Å². The van der Waals surface area contributed by atoms with Crippen LogP contribution in [0.3, 0.4) is 0 Å². The minimum atomic E-state index is -0.767. The normalized spacial score (nSPS) is 18.1. The molecule has 1 fully saturated rings. The standard InChI is InChI=1S/C21H25FN4O3/c1-14(29-19-5-3-2-4-17(19)22)20(27)24-16-6-9-26(10-7-16)21-23-12-15-13-28-11-8-18(15)25-21/h2-5,12,14,16H,6-11,13H2,1H3,(H,24,27)/t14-/m0/s1. The van der Waals surface area contributed by atoms with Crippen molar-refractivity contribution in [2.45, 2.75) is 44.9 Å². The van der Waals surface area contributed by atoms with Gasteiger partial charge in [-0.05, 0) is 31.9 Å². The molecule has 0 aliphatic carbocycles. The van der Waals surface area contributed by atoms with Gasteiger partial charge in [0.25, 0.3) is 5.91 Å². The third kappa shape index (κ3) is 4.64. The summed E-state index contributed by atoms with van der Waals surface area (Å²) in [7, 11) is 0. The number of benzene rings is 1. The van der Waals surface area contributed by atoms with Gasteiger partial charge in [-0.3, -0.25) is 4.79 Å². The second-order valence-corrected chi connectivity index (χ2v) is 7.40. The average molecular weight is 400 g/mol. The number of carbonyl (C=O) groups excluding carboxylic acids is 1. The van der Waals surface area contributed by atoms with E-state index < -0.39 is 11.9 Å². The Labute approximate surface area is 169 Å². The molecule has 0 spiro atoms. The predicted molar refractivity (Wildman–Crippen MR) is 105 cm³/mol. The first-order chi connectivity index (χ1) is 14.1. The van der Waals surface area contributed by atoms with E-state index >= 15 is 0 Å². The molecule has 2 aliphatic heterocycles. The maximum atomic E-state index is 13.7. The summed E-state index contributed by atoms with van der Waals surface area (Å²) in [6.45, 7) is 4.44. The topological polar surface area (TPSA) is 76.6 Å². The summed E-state index contributed by atoms with van der Waals surface area (Å²) >= 11 is 0. The number of hydrogen-bond acceptors (Lipinski definition) is 6. The lowest BCUT2D eigenvalue weighted by molar-refractivity contribution is -0.128. The number of carbonyl (C=O) groups is 1. The Morgan fingerprint density at radius 1 is 1.34 bits per heavy atom. The van der Waals surface area contributed by atoms with Gasteiger partial charge in [-0.1, -0.05) is 12.1 Å². The average Bonchev–Trinajstić information content (AvgIpc) is 2.75. The quantitative estimate of drug-likeness (QED) is 0.830. The van der Waals surface area contributed by atoms with E-state index in [-0.39, 0.29) is 17.7 Å². The van der Waals surface area contributed by atoms with Gasteiger partial charge in [0.1, 0.15) is 0 Å². The zero-order valence-electron chi connectivity index (χ0n) is 16.4. The van der Waals surface area contributed by atoms with Gasteiger partial charge in [-0.25, -0.2) is 14.4 Å². The lowest BCUT2D eigenvalue weighted by Gasteiger charge is -2.33. The van der Waals surface area contributed by atoms with Gasteiger partial charge in [0.2, 0.25) is 5.95 Å². The molecule has 2 aromatic rings. The molecule has 154 valence electrons. The molecule has 2 aliphatic rings. The van der Waals surface area contributed by atoms with Crippen molar-refractivity contribution in [1.82, 2.24) is 15.3 Å². The van der Waals surface area contributed by atoms with Crippen LogP contribution in [-0.2, 0) is 22.6 Å². The number of piperidine rings is 1. The van der Waals surface area contributed by atoms with Gasteiger partial charge in [0.15, 0.2) is 17.7 Å². The Hall–Kier alpha value is -2.74. The minimum absolute atomic E-state index is 0.0523. The molecule has 4 rings (SSSR count). The van der Waals surface area contributed by atoms with Crippen molar-refractivity contribution in [2.75, 3.05) is 24.6 Å². The molecule has 0 unspecified atom stereocenters. The van der Waals surface area contributed by atoms with Crippen LogP contribution in [0.4, 0.5) is 10.3 Å². The number of anilines is 1. The Morgan fingerprint density at radius 3 is 2.93 bits per heavy atom. The molecule has 3 heterocycles. The molecule has 0 radical (unpaired) electrons. The van der Waals surface area contributed by atoms with Crippen LogP contribution in [-0.4, -0.2) is 47.7 Å². The van der Waals surface area contributed by atoms with Crippen LogP contribution < -0.4 is 15.0 Å². The molecule has 1 N–H and O–H groups in total. The highest BCUT2D eigenvalue weighted by Gasteiger charge is 2.25. The van der Waals surface area contributed by atoms with Crippen LogP contribution in [0.5, 0.6) is 5.75 Å². The number of para-hydroxylation sites is 1. The van der Waals surface area contributed by atoms with E-state index in [1.54, 1.807) is 19.1 Å². The van der Waals surface area contributed by atoms with Crippen molar-refractivity contribution < 1.29 is 18.7 Å². The van der Waals surface area contributed by atoms with Crippen molar-refractivity contribution in [2.24, 2.45) is 0 Å². The maximum Gasteiger partial charge on any atom is 0.260 e. The molecule has 1 aromatic carbocycles. The van der Waals surface area contributed by atoms with E-state index in [0.717, 1.165) is 49.6 Å². The monoisotopic (exact) mass is 400 g/mol. The Kier molecular flexibility index (Phi) is 5.89. The smallest absolute Gasteiger partial charge is 0.260 e. The van der Waals surface area contributed by atoms with Gasteiger partial charge in [0, 0.05) is 37.3 Å². The van der Waals surface area contributed by atoms with Crippen molar-refractivity contribution in [3.05, 3.63) is 47.5 Å². The van der Waals surface area contributed by atoms with Crippen LogP contribution in [0.25, 0.3) is 0 Å². The van der Waals surface area contributed by atoms with Gasteiger partial charge in [-0.15, -0.1) is 0 Å². The fraction of sp³-hybridized carbons (Fsp3) is 0.476. The molecule has 8 heteroatoms. The summed E-state index contributed by atoms with van der Waals surface area (Å²) in [6, 6.07) is 6.14. The molecule has 1 atom stereocenters. The number of nitrogens with zero attached hydrogens (tertiary/aromatic N) is 3. The number of hydrogen-bond donors (Lipinski definition) is 1. The molecule has 0 saturated carbocycles. The van der Waals surface area contributed by atoms with E-state index in [4.69, 9.17) is 14.5 Å². The Balaban J connectivity index is 1.28. The number of nitrogens with one attached hydrogen (secondary N) is 1. The summed E-state index contributed by atoms with van der Waals surface area (Å²) in [5.41, 5.74) is 2.13. The number of rotatable bonds is 5. The lowest BCUT2D eigenvalue weighted by atomic mass is 10.0. The highest BCUT2D eigenvalue weighted by molar-refractivity contribution is 5.81. The number of amides is 1. The van der Waals surface area contributed by atoms with E-state index in [2.05, 4.69) is 15.2 Å². The van der Waals surface area contributed by atoms with E-state index in [1.165, 1.54) is 12.1 Å². The highest BCUT2D eigenvalue weighted by Crippen LogP contribution is 2.21. The Bertz CT molecular complexity index is 871. The van der Waals surface area contributed by atoms with Crippen LogP contribution >= 0.6 is 0 Å². The lowest BCUT2D eigenvalue weighted by Crippen LogP contribution is -2.48. The van der Waals surface area contributed by atoms with Crippen LogP contribution in [0.1, 0.15) is 31.0 Å². The van der Waals surface area contributed by atoms with Crippen molar-refractivity contribution in [3.63, 3.8) is 0 Å². The summed E-state index contributed by atoms with van der Waals surface area (Å²) in [5.74, 6) is 0.111. The van der Waals surface area contributed by atoms with E-state index in [9.17, 15) is 9.18 Å². The molecule has 1 saturated heterocycles. The third-order valence-electron chi connectivity index (χ3n) is 5.32. The van der Waals surface area contributed by atoms with Crippen molar-refractivity contribution in [1.29, 1.82) is 0 Å². The molecule has 0 bridgehead atoms. The number of fused-ring (bicyclic) bond motifs is 1. The molecule has 7 nitrogen and oxygen atoms in total. The first-order valence-electron chi connectivity index (χ1n) is 9.99. The van der Waals surface area contributed by atoms with Gasteiger partial charge in [-0.2, -0.15) is 0 Å². The maximum absolute atomic E-state index is 13.7. The van der Waals surface area contributed by atoms with Crippen molar-refractivity contribution in [3.8, 4) is 5.75 Å². The zero-order valence-corrected chi connectivity index (χ0v) is 16.4. The van der Waals surface area contributed by atoms with Gasteiger partial charge in [0.05, 0.1) is 18.9 Å². The number of ether oxygens (including phenoxy) is 2. The fourth-order valence-corrected chi connectivity index (χ4v) is 3.60. The molecule has 1 aromatic heterocycles. The second-order valence-electron chi connectivity index (χ2n) is 7.40. The molecule has 1 amide bonds. The van der Waals surface area contributed by atoms with Crippen LogP contribution in [0, 0.1) is 5.82 Å². The minimum Gasteiger partial charge on any atom is -0.478 e. The SMILES string of the molecule is C[C@H](Oc1ccccc1F)C(=O)NC1CCN(c2ncc3c(n2)CCOC3)CC1. The molecule has 29 heavy (non-hydrogen) atoms. The number of halogens is 1. The first-order valence-corrected chi connectivity index (χ1v) is 9.99. The van der Waals surface area contributed by atoms with Crippen LogP contribution in [0.2, 0.25) is 0 Å². The van der Waals surface area contributed by atoms with E-state index in [0.29, 0.717) is 13.2 Å². The number of aromatic nitrogens is 2. The summed E-state index contributed by atoms with van der Waals surface area (Å²) in [5, 5.41) is 3.01. The highest BCUT2D eigenvalue weighted by atomic mass is 19.1. The fourth-order valence-electron chi connectivity index (χ4n) is 3.60. The zero-order chi connectivity index (χ0) is 20.2. The summed E-state index contributed by atoms with van der Waals surface area (Å²) in [4.78, 5) is 23.8. The second kappa shape index (κ2) is 8.73.